The molecule has 1 aromatic heterocycles. The van der Waals surface area contributed by atoms with Gasteiger partial charge < -0.3 is 14.4 Å². The number of fused-ring (bicyclic) bond motifs is 1. The molecule has 0 saturated heterocycles. The van der Waals surface area contributed by atoms with E-state index in [1.807, 2.05) is 35.5 Å². The molecule has 2 aromatic carbocycles. The van der Waals surface area contributed by atoms with Gasteiger partial charge >= 0.3 is 0 Å². The Labute approximate surface area is 205 Å². The molecular weight excluding hydrogens is 445 g/mol. The summed E-state index contributed by atoms with van der Waals surface area (Å²) in [6, 6.07) is 7.58. The fourth-order valence-corrected chi connectivity index (χ4v) is 4.38. The van der Waals surface area contributed by atoms with Crippen molar-refractivity contribution in [3.8, 4) is 11.5 Å². The molecular formula is C27H32FN5O2. The van der Waals surface area contributed by atoms with Gasteiger partial charge in [0.05, 0.1) is 31.8 Å². The van der Waals surface area contributed by atoms with Crippen LogP contribution in [0.25, 0.3) is 6.08 Å². The fourth-order valence-electron chi connectivity index (χ4n) is 4.38. The molecule has 0 atom stereocenters. The number of aromatic nitrogens is 2. The van der Waals surface area contributed by atoms with E-state index in [4.69, 9.17) is 14.5 Å². The van der Waals surface area contributed by atoms with E-state index in [-0.39, 0.29) is 5.75 Å². The summed E-state index contributed by atoms with van der Waals surface area (Å²) in [6.45, 7) is 10.5. The summed E-state index contributed by atoms with van der Waals surface area (Å²) in [5.41, 5.74) is 5.23. The highest BCUT2D eigenvalue weighted by molar-refractivity contribution is 5.80. The lowest BCUT2D eigenvalue weighted by Gasteiger charge is -2.27. The van der Waals surface area contributed by atoms with Gasteiger partial charge in [0.25, 0.3) is 0 Å². The van der Waals surface area contributed by atoms with Crippen LogP contribution in [0.5, 0.6) is 11.5 Å². The molecule has 4 rings (SSSR count). The number of nitrogens with one attached hydrogen (secondary N) is 1. The summed E-state index contributed by atoms with van der Waals surface area (Å²) in [5.74, 6) is 0.268. The van der Waals surface area contributed by atoms with E-state index in [9.17, 15) is 0 Å². The summed E-state index contributed by atoms with van der Waals surface area (Å²) < 4.78 is 26.3. The van der Waals surface area contributed by atoms with E-state index >= 15 is 4.39 Å². The van der Waals surface area contributed by atoms with Crippen molar-refractivity contribution in [1.82, 2.24) is 15.1 Å². The molecule has 0 aliphatic carbocycles. The van der Waals surface area contributed by atoms with Gasteiger partial charge in [-0.3, -0.25) is 15.0 Å². The highest BCUT2D eigenvalue weighted by Crippen LogP contribution is 2.42. The van der Waals surface area contributed by atoms with Crippen LogP contribution in [-0.2, 0) is 13.0 Å². The van der Waals surface area contributed by atoms with Crippen molar-refractivity contribution in [2.24, 2.45) is 4.99 Å². The average molecular weight is 478 g/mol. The zero-order valence-corrected chi connectivity index (χ0v) is 20.7. The number of benzene rings is 2. The first-order valence-electron chi connectivity index (χ1n) is 11.7. The van der Waals surface area contributed by atoms with Crippen LogP contribution in [-0.4, -0.2) is 54.7 Å². The first kappa shape index (κ1) is 24.5. The van der Waals surface area contributed by atoms with Gasteiger partial charge in [0.2, 0.25) is 0 Å². The SMILES string of the molecule is C=Cc1c(/N=C\Cc2cn[nH]c2)ccc2c1CN(C(C)C)CCN2c1cc(OC)cc(OC)c1F. The molecule has 2 heterocycles. The van der Waals surface area contributed by atoms with Crippen molar-refractivity contribution in [2.45, 2.75) is 32.9 Å². The molecule has 3 aromatic rings. The summed E-state index contributed by atoms with van der Waals surface area (Å²) in [7, 11) is 3.03. The van der Waals surface area contributed by atoms with Crippen molar-refractivity contribution in [2.75, 3.05) is 32.2 Å². The first-order valence-corrected chi connectivity index (χ1v) is 11.7. The van der Waals surface area contributed by atoms with Gasteiger partial charge in [-0.15, -0.1) is 0 Å². The van der Waals surface area contributed by atoms with Crippen LogP contribution in [0.1, 0.15) is 30.5 Å². The minimum Gasteiger partial charge on any atom is -0.497 e. The molecule has 0 unspecified atom stereocenters. The van der Waals surface area contributed by atoms with Crippen LogP contribution in [0.3, 0.4) is 0 Å². The molecule has 7 nitrogen and oxygen atoms in total. The Morgan fingerprint density at radius 3 is 2.69 bits per heavy atom. The molecule has 1 N–H and O–H groups in total. The molecule has 0 saturated carbocycles. The van der Waals surface area contributed by atoms with Crippen LogP contribution >= 0.6 is 0 Å². The lowest BCUT2D eigenvalue weighted by molar-refractivity contribution is 0.223. The quantitative estimate of drug-likeness (QED) is 0.433. The molecule has 0 fully saturated rings. The van der Waals surface area contributed by atoms with Crippen LogP contribution in [0.4, 0.5) is 21.5 Å². The van der Waals surface area contributed by atoms with E-state index in [1.54, 1.807) is 25.4 Å². The van der Waals surface area contributed by atoms with Crippen molar-refractivity contribution < 1.29 is 13.9 Å². The van der Waals surface area contributed by atoms with E-state index in [2.05, 4.69) is 35.5 Å². The maximum Gasteiger partial charge on any atom is 0.188 e. The first-order chi connectivity index (χ1) is 17.0. The van der Waals surface area contributed by atoms with Gasteiger partial charge in [-0.05, 0) is 37.1 Å². The molecule has 0 spiro atoms. The zero-order valence-electron chi connectivity index (χ0n) is 20.7. The Morgan fingerprint density at radius 1 is 1.20 bits per heavy atom. The molecule has 0 bridgehead atoms. The topological polar surface area (TPSA) is 66.0 Å². The molecule has 0 radical (unpaired) electrons. The fraction of sp³-hybridized carbons (Fsp3) is 0.333. The van der Waals surface area contributed by atoms with Crippen LogP contribution < -0.4 is 14.4 Å². The van der Waals surface area contributed by atoms with Crippen molar-refractivity contribution in [1.29, 1.82) is 0 Å². The molecule has 0 amide bonds. The second kappa shape index (κ2) is 10.7. The predicted molar refractivity (Wildman–Crippen MR) is 139 cm³/mol. The highest BCUT2D eigenvalue weighted by Gasteiger charge is 2.28. The number of halogens is 1. The number of aliphatic imine (C=N–C) groups is 1. The number of methoxy groups -OCH3 is 2. The Morgan fingerprint density at radius 2 is 2.03 bits per heavy atom. The highest BCUT2D eigenvalue weighted by atomic mass is 19.1. The number of aromatic amines is 1. The van der Waals surface area contributed by atoms with Crippen molar-refractivity contribution in [3.63, 3.8) is 0 Å². The smallest absolute Gasteiger partial charge is 0.188 e. The third kappa shape index (κ3) is 5.07. The van der Waals surface area contributed by atoms with Crippen molar-refractivity contribution >= 4 is 29.4 Å². The third-order valence-electron chi connectivity index (χ3n) is 6.36. The second-order valence-electron chi connectivity index (χ2n) is 8.70. The van der Waals surface area contributed by atoms with Crippen molar-refractivity contribution in [3.05, 3.63) is 65.7 Å². The third-order valence-corrected chi connectivity index (χ3v) is 6.36. The van der Waals surface area contributed by atoms with E-state index in [1.165, 1.54) is 7.11 Å². The summed E-state index contributed by atoms with van der Waals surface area (Å²) in [6.07, 6.45) is 8.03. The van der Waals surface area contributed by atoms with Gasteiger partial charge in [0, 0.05) is 67.9 Å². The maximum absolute atomic E-state index is 15.5. The van der Waals surface area contributed by atoms with E-state index in [0.29, 0.717) is 37.0 Å². The van der Waals surface area contributed by atoms with Gasteiger partial charge in [-0.1, -0.05) is 12.7 Å². The monoisotopic (exact) mass is 477 g/mol. The number of H-pyrrole nitrogens is 1. The normalized spacial score (nSPS) is 14.3. The van der Waals surface area contributed by atoms with E-state index in [0.717, 1.165) is 34.6 Å². The number of hydrogen-bond donors (Lipinski definition) is 1. The number of rotatable bonds is 8. The zero-order chi connectivity index (χ0) is 24.9. The summed E-state index contributed by atoms with van der Waals surface area (Å²) >= 11 is 0. The lowest BCUT2D eigenvalue weighted by Crippen LogP contribution is -2.34. The molecule has 1 aliphatic rings. The number of ether oxygens (including phenoxy) is 2. The predicted octanol–water partition coefficient (Wildman–Crippen LogP) is 5.52. The maximum atomic E-state index is 15.5. The Bertz CT molecular complexity index is 1210. The summed E-state index contributed by atoms with van der Waals surface area (Å²) in [4.78, 5) is 9.12. The Kier molecular flexibility index (Phi) is 7.51. The molecule has 8 heteroatoms. The minimum atomic E-state index is -0.417. The van der Waals surface area contributed by atoms with Crippen LogP contribution in [0.15, 0.2) is 48.2 Å². The van der Waals surface area contributed by atoms with Gasteiger partial charge in [-0.2, -0.15) is 5.10 Å². The molecule has 1 aliphatic heterocycles. The molecule has 184 valence electrons. The second-order valence-corrected chi connectivity index (χ2v) is 8.70. The Hall–Kier alpha value is -3.65. The minimum absolute atomic E-state index is 0.148. The summed E-state index contributed by atoms with van der Waals surface area (Å²) in [5, 5.41) is 6.80. The standard InChI is InChI=1S/C27H32FN5O2/c1-6-21-22-17-32(18(2)3)11-12-33(25-13-20(34-4)14-26(35-5)27(25)28)24(22)8-7-23(21)29-10-9-19-15-30-31-16-19/h6-8,10,13-16,18H,1,9,11-12,17H2,2-5H3,(H,30,31)/b29-10-. The van der Waals surface area contributed by atoms with Crippen LogP contribution in [0, 0.1) is 5.82 Å². The lowest BCUT2D eigenvalue weighted by atomic mass is 10.0. The Balaban J connectivity index is 1.82. The largest absolute Gasteiger partial charge is 0.497 e. The van der Waals surface area contributed by atoms with Gasteiger partial charge in [0.1, 0.15) is 5.75 Å². The number of nitrogens with zero attached hydrogens (tertiary/aromatic N) is 4. The average Bonchev–Trinajstić information content (AvgIpc) is 3.30. The number of hydrogen-bond acceptors (Lipinski definition) is 6. The molecule has 35 heavy (non-hydrogen) atoms. The van der Waals surface area contributed by atoms with E-state index < -0.39 is 5.82 Å². The van der Waals surface area contributed by atoms with Gasteiger partial charge in [-0.25, -0.2) is 4.39 Å². The van der Waals surface area contributed by atoms with Gasteiger partial charge in [0.15, 0.2) is 11.6 Å². The van der Waals surface area contributed by atoms with Crippen LogP contribution in [0.2, 0.25) is 0 Å². The number of anilines is 2.